The van der Waals surface area contributed by atoms with Gasteiger partial charge in [0.05, 0.1) is 0 Å². The van der Waals surface area contributed by atoms with Crippen molar-refractivity contribution in [1.29, 1.82) is 0 Å². The quantitative estimate of drug-likeness (QED) is 0.841. The normalized spacial score (nSPS) is 10.5. The summed E-state index contributed by atoms with van der Waals surface area (Å²) in [6.45, 7) is 3.73. The summed E-state index contributed by atoms with van der Waals surface area (Å²) in [5.74, 6) is -1.97. The molecule has 0 radical (unpaired) electrons. The molecule has 0 atom stereocenters. The number of rotatable bonds is 3. The molecule has 0 aliphatic heterocycles. The highest BCUT2D eigenvalue weighted by atomic mass is 16.4. The van der Waals surface area contributed by atoms with Crippen molar-refractivity contribution >= 4 is 16.7 Å². The average Bonchev–Trinajstić information content (AvgIpc) is 2.40. The molecule has 20 heavy (non-hydrogen) atoms. The zero-order chi connectivity index (χ0) is 14.9. The highest BCUT2D eigenvalue weighted by molar-refractivity contribution is 6.04. The van der Waals surface area contributed by atoms with Gasteiger partial charge in [-0.3, -0.25) is 0 Å². The van der Waals surface area contributed by atoms with Gasteiger partial charge < -0.3 is 15.3 Å². The number of allylic oxidation sites excluding steroid dienone is 2. The van der Waals surface area contributed by atoms with Crippen LogP contribution in [0.1, 0.15) is 29.8 Å². The monoisotopic (exact) mass is 271 g/mol. The van der Waals surface area contributed by atoms with Gasteiger partial charge in [0.2, 0.25) is 0 Å². The third-order valence-corrected chi connectivity index (χ3v) is 3.17. The molecule has 0 saturated heterocycles. The molecule has 0 aliphatic carbocycles. The van der Waals surface area contributed by atoms with Crippen LogP contribution in [0, 0.1) is 0 Å². The van der Waals surface area contributed by atoms with E-state index in [1.165, 1.54) is 0 Å². The van der Waals surface area contributed by atoms with E-state index in [2.05, 4.69) is 0 Å². The summed E-state index contributed by atoms with van der Waals surface area (Å²) in [4.78, 5) is 11.4. The first-order valence-electron chi connectivity index (χ1n) is 6.23. The molecule has 0 unspecified atom stereocenters. The Labute approximate surface area is 116 Å². The van der Waals surface area contributed by atoms with Gasteiger partial charge >= 0.3 is 5.97 Å². The molecule has 104 valence electrons. The summed E-state index contributed by atoms with van der Waals surface area (Å²) in [5, 5.41) is 32.5. The second-order valence-electron chi connectivity index (χ2n) is 4.87. The molecule has 0 amide bonds. The van der Waals surface area contributed by atoms with Crippen molar-refractivity contribution in [3.63, 3.8) is 0 Å². The predicted molar refractivity (Wildman–Crippen MR) is 75.2 cm³/mol. The van der Waals surface area contributed by atoms with E-state index in [9.17, 15) is 20.1 Å². The van der Waals surface area contributed by atoms with Crippen LogP contribution in [0.2, 0.25) is 0 Å². The van der Waals surface area contributed by atoms with Crippen molar-refractivity contribution in [3.05, 3.63) is 47.0 Å². The van der Waals surface area contributed by atoms with E-state index in [0.717, 1.165) is 5.57 Å². The van der Waals surface area contributed by atoms with Crippen LogP contribution >= 0.6 is 0 Å². The largest absolute Gasteiger partial charge is 0.872 e. The number of hydrogen-bond donors (Lipinski definition) is 2. The Balaban J connectivity index is 2.83. The summed E-state index contributed by atoms with van der Waals surface area (Å²) < 4.78 is 0. The van der Waals surface area contributed by atoms with Crippen molar-refractivity contribution < 1.29 is 20.1 Å². The molecule has 0 aliphatic rings. The maximum atomic E-state index is 12.4. The van der Waals surface area contributed by atoms with Gasteiger partial charge in [-0.25, -0.2) is 4.79 Å². The maximum absolute atomic E-state index is 12.4. The van der Waals surface area contributed by atoms with Gasteiger partial charge in [-0.15, -0.1) is 0 Å². The van der Waals surface area contributed by atoms with Crippen molar-refractivity contribution in [1.82, 2.24) is 0 Å². The number of carboxylic acids is 1. The molecule has 2 N–H and O–H groups in total. The lowest BCUT2D eigenvalue weighted by Gasteiger charge is -2.20. The molecule has 4 nitrogen and oxygen atoms in total. The van der Waals surface area contributed by atoms with Gasteiger partial charge in [0.15, 0.2) is 0 Å². The van der Waals surface area contributed by atoms with Gasteiger partial charge in [-0.05, 0) is 31.2 Å². The van der Waals surface area contributed by atoms with Crippen molar-refractivity contribution in [2.45, 2.75) is 20.3 Å². The molecule has 0 fully saturated rings. The van der Waals surface area contributed by atoms with Gasteiger partial charge in [0.25, 0.3) is 0 Å². The van der Waals surface area contributed by atoms with E-state index in [-0.39, 0.29) is 34.4 Å². The van der Waals surface area contributed by atoms with E-state index in [4.69, 9.17) is 0 Å². The Morgan fingerprint density at radius 2 is 1.85 bits per heavy atom. The Morgan fingerprint density at radius 1 is 1.25 bits per heavy atom. The fraction of sp³-hybridized carbons (Fsp3) is 0.188. The van der Waals surface area contributed by atoms with Crippen LogP contribution in [0.15, 0.2) is 35.9 Å². The van der Waals surface area contributed by atoms with E-state index in [1.54, 1.807) is 30.3 Å². The summed E-state index contributed by atoms with van der Waals surface area (Å²) in [7, 11) is 0. The van der Waals surface area contributed by atoms with Crippen LogP contribution in [0.25, 0.3) is 10.8 Å². The molecule has 0 bridgehead atoms. The minimum absolute atomic E-state index is 0.120. The second kappa shape index (κ2) is 5.25. The topological polar surface area (TPSA) is 80.6 Å². The molecule has 2 aromatic carbocycles. The second-order valence-corrected chi connectivity index (χ2v) is 4.87. The number of aromatic carboxylic acids is 1. The lowest BCUT2D eigenvalue weighted by molar-refractivity contribution is -0.266. The van der Waals surface area contributed by atoms with Gasteiger partial charge in [0.1, 0.15) is 11.3 Å². The molecule has 2 aromatic rings. The van der Waals surface area contributed by atoms with Crippen LogP contribution < -0.4 is 5.11 Å². The Kier molecular flexibility index (Phi) is 3.66. The molecular weight excluding hydrogens is 256 g/mol. The summed E-state index contributed by atoms with van der Waals surface area (Å²) in [6.07, 6.45) is 1.97. The zero-order valence-corrected chi connectivity index (χ0v) is 11.3. The molecule has 2 rings (SSSR count). The average molecular weight is 271 g/mol. The molecular formula is C16H15O4-. The van der Waals surface area contributed by atoms with E-state index in [0.29, 0.717) is 5.39 Å². The van der Waals surface area contributed by atoms with Crippen molar-refractivity contribution in [2.24, 2.45) is 0 Å². The number of aromatic hydroxyl groups is 1. The van der Waals surface area contributed by atoms with Gasteiger partial charge in [-0.1, -0.05) is 41.7 Å². The SMILES string of the molecule is CC(C)=CCc1c(C(=O)O)c(O)c2ccccc2c1[O-]. The third kappa shape index (κ3) is 2.32. The summed E-state index contributed by atoms with van der Waals surface area (Å²) in [6, 6.07) is 6.48. The van der Waals surface area contributed by atoms with Crippen LogP contribution in [0.4, 0.5) is 0 Å². The number of carboxylic acid groups (broad SMARTS) is 1. The van der Waals surface area contributed by atoms with E-state index >= 15 is 0 Å². The number of benzene rings is 2. The van der Waals surface area contributed by atoms with E-state index < -0.39 is 5.97 Å². The number of hydrogen-bond acceptors (Lipinski definition) is 3. The molecule has 0 heterocycles. The lowest BCUT2D eigenvalue weighted by Crippen LogP contribution is -2.08. The highest BCUT2D eigenvalue weighted by Crippen LogP contribution is 2.38. The summed E-state index contributed by atoms with van der Waals surface area (Å²) in [5.41, 5.74) is 0.800. The molecule has 0 spiro atoms. The van der Waals surface area contributed by atoms with Crippen LogP contribution in [-0.4, -0.2) is 16.2 Å². The molecule has 0 saturated carbocycles. The third-order valence-electron chi connectivity index (χ3n) is 3.17. The standard InChI is InChI=1S/C16H16O4/c1-9(2)7-8-12-13(16(19)20)15(18)11-6-4-3-5-10(11)14(12)17/h3-7,17-18H,8H2,1-2H3,(H,19,20)/p-1. The molecule has 4 heteroatoms. The highest BCUT2D eigenvalue weighted by Gasteiger charge is 2.19. The van der Waals surface area contributed by atoms with Crippen molar-refractivity contribution in [3.8, 4) is 11.5 Å². The van der Waals surface area contributed by atoms with Crippen LogP contribution in [-0.2, 0) is 6.42 Å². The fourth-order valence-electron chi connectivity index (χ4n) is 2.17. The fourth-order valence-corrected chi connectivity index (χ4v) is 2.17. The first-order valence-corrected chi connectivity index (χ1v) is 6.23. The smallest absolute Gasteiger partial charge is 0.339 e. The number of carbonyl (C=O) groups is 1. The summed E-state index contributed by atoms with van der Waals surface area (Å²) >= 11 is 0. The predicted octanol–water partition coefficient (Wildman–Crippen LogP) is 2.83. The first-order chi connectivity index (χ1) is 9.43. The zero-order valence-electron chi connectivity index (χ0n) is 11.3. The Morgan fingerprint density at radius 3 is 2.40 bits per heavy atom. The molecule has 0 aromatic heterocycles. The number of fused-ring (bicyclic) bond motifs is 1. The van der Waals surface area contributed by atoms with Crippen molar-refractivity contribution in [2.75, 3.05) is 0 Å². The number of phenols is 1. The minimum atomic E-state index is -1.29. The van der Waals surface area contributed by atoms with Gasteiger partial charge in [-0.2, -0.15) is 0 Å². The van der Waals surface area contributed by atoms with Gasteiger partial charge in [0, 0.05) is 5.39 Å². The Bertz CT molecular complexity index is 710. The van der Waals surface area contributed by atoms with E-state index in [1.807, 2.05) is 13.8 Å². The van der Waals surface area contributed by atoms with Crippen LogP contribution in [0.3, 0.4) is 0 Å². The first kappa shape index (κ1) is 13.9. The minimum Gasteiger partial charge on any atom is -0.872 e. The van der Waals surface area contributed by atoms with Crippen LogP contribution in [0.5, 0.6) is 11.5 Å². The lowest BCUT2D eigenvalue weighted by atomic mass is 9.95. The maximum Gasteiger partial charge on any atom is 0.339 e. The Hall–Kier alpha value is -2.49.